The van der Waals surface area contributed by atoms with Crippen molar-refractivity contribution in [3.8, 4) is 5.75 Å². The van der Waals surface area contributed by atoms with Crippen molar-refractivity contribution in [2.45, 2.75) is 45.4 Å². The normalized spacial score (nSPS) is 13.1. The van der Waals surface area contributed by atoms with E-state index in [1.165, 1.54) is 0 Å². The lowest BCUT2D eigenvalue weighted by Gasteiger charge is -2.27. The lowest BCUT2D eigenvalue weighted by atomic mass is 10.0. The monoisotopic (exact) mass is 400 g/mol. The van der Waals surface area contributed by atoms with Crippen molar-refractivity contribution in [2.75, 3.05) is 12.6 Å². The molecule has 0 aliphatic carbocycles. The van der Waals surface area contributed by atoms with E-state index in [1.807, 2.05) is 31.2 Å². The number of nitrogens with one attached hydrogen (secondary N) is 2. The number of aldehydes is 1. The van der Waals surface area contributed by atoms with Gasteiger partial charge < -0.3 is 19.6 Å². The van der Waals surface area contributed by atoms with Crippen LogP contribution in [0.2, 0.25) is 0 Å². The fourth-order valence-electron chi connectivity index (χ4n) is 2.59. The molecule has 2 unspecified atom stereocenters. The third kappa shape index (κ3) is 6.80. The fourth-order valence-corrected chi connectivity index (χ4v) is 2.59. The lowest BCUT2D eigenvalue weighted by Crippen LogP contribution is -2.42. The van der Waals surface area contributed by atoms with Crippen molar-refractivity contribution in [3.63, 3.8) is 0 Å². The summed E-state index contributed by atoms with van der Waals surface area (Å²) in [6, 6.07) is 13.7. The molecule has 2 aromatic carbocycles. The number of benzene rings is 2. The number of para-hydroxylation sites is 1. The molecule has 1 amide bonds. The topological polar surface area (TPSA) is 85.9 Å². The van der Waals surface area contributed by atoms with Crippen LogP contribution in [-0.4, -0.2) is 31.2 Å². The van der Waals surface area contributed by atoms with Crippen molar-refractivity contribution in [1.29, 1.82) is 0 Å². The van der Waals surface area contributed by atoms with E-state index in [4.69, 9.17) is 14.3 Å². The van der Waals surface area contributed by atoms with E-state index >= 15 is 0 Å². The van der Waals surface area contributed by atoms with Crippen LogP contribution in [0, 0.1) is 6.92 Å². The van der Waals surface area contributed by atoms with Gasteiger partial charge in [0.15, 0.2) is 12.4 Å². The molecule has 7 nitrogen and oxygen atoms in total. The Balaban J connectivity index is 2.23. The maximum absolute atomic E-state index is 12.4. The van der Waals surface area contributed by atoms with E-state index in [1.54, 1.807) is 52.1 Å². The molecular formula is C22H28N2O5. The summed E-state index contributed by atoms with van der Waals surface area (Å²) in [6.45, 7) is 7.22. The zero-order chi connectivity index (χ0) is 21.4. The minimum Gasteiger partial charge on any atom is -0.497 e. The van der Waals surface area contributed by atoms with Crippen molar-refractivity contribution in [1.82, 2.24) is 5.32 Å². The fraction of sp³-hybridized carbons (Fsp3) is 0.364. The lowest BCUT2D eigenvalue weighted by molar-refractivity contribution is -0.118. The number of alkyl carbamates (subject to hydrolysis) is 1. The van der Waals surface area contributed by atoms with Gasteiger partial charge in [0.2, 0.25) is 0 Å². The molecule has 7 heteroatoms. The van der Waals surface area contributed by atoms with Gasteiger partial charge in [-0.1, -0.05) is 30.3 Å². The molecule has 2 aromatic rings. The van der Waals surface area contributed by atoms with Crippen molar-refractivity contribution < 1.29 is 23.9 Å². The predicted molar refractivity (Wildman–Crippen MR) is 111 cm³/mol. The first kappa shape index (κ1) is 22.2. The quantitative estimate of drug-likeness (QED) is 0.511. The van der Waals surface area contributed by atoms with Crippen LogP contribution < -0.4 is 15.5 Å². The number of rotatable bonds is 8. The van der Waals surface area contributed by atoms with Crippen LogP contribution in [0.4, 0.5) is 10.5 Å². The first-order valence-corrected chi connectivity index (χ1v) is 9.29. The molecule has 0 fully saturated rings. The maximum Gasteiger partial charge on any atom is 0.408 e. The average Bonchev–Trinajstić information content (AvgIpc) is 2.67. The number of hydrogen-bond donors (Lipinski definition) is 2. The predicted octanol–water partition coefficient (Wildman–Crippen LogP) is 4.18. The zero-order valence-corrected chi connectivity index (χ0v) is 17.4. The molecule has 156 valence electrons. The smallest absolute Gasteiger partial charge is 0.408 e. The van der Waals surface area contributed by atoms with Gasteiger partial charge in [0.25, 0.3) is 0 Å². The SMILES string of the molecule is COc1ccc(C(NC(=O)OC(C)(C)C)C(C=O)ONc2ccccc2C)cc1. The second-order valence-electron chi connectivity index (χ2n) is 7.53. The van der Waals surface area contributed by atoms with Crippen LogP contribution >= 0.6 is 0 Å². The second-order valence-corrected chi connectivity index (χ2v) is 7.53. The van der Waals surface area contributed by atoms with Gasteiger partial charge >= 0.3 is 6.09 Å². The van der Waals surface area contributed by atoms with Crippen molar-refractivity contribution >= 4 is 18.1 Å². The Morgan fingerprint density at radius 3 is 2.28 bits per heavy atom. The Hall–Kier alpha value is -3.06. The second kappa shape index (κ2) is 9.93. The zero-order valence-electron chi connectivity index (χ0n) is 17.4. The molecule has 2 atom stereocenters. The summed E-state index contributed by atoms with van der Waals surface area (Å²) in [5.74, 6) is 0.659. The summed E-state index contributed by atoms with van der Waals surface area (Å²) in [6.07, 6.45) is -1.02. The van der Waals surface area contributed by atoms with E-state index in [2.05, 4.69) is 10.8 Å². The molecule has 0 radical (unpaired) electrons. The van der Waals surface area contributed by atoms with Crippen LogP contribution in [0.25, 0.3) is 0 Å². The van der Waals surface area contributed by atoms with Gasteiger partial charge in [-0.25, -0.2) is 4.79 Å². The average molecular weight is 400 g/mol. The van der Waals surface area contributed by atoms with Gasteiger partial charge in [-0.05, 0) is 57.0 Å². The molecule has 29 heavy (non-hydrogen) atoms. The van der Waals surface area contributed by atoms with Crippen molar-refractivity contribution in [2.24, 2.45) is 0 Å². The summed E-state index contributed by atoms with van der Waals surface area (Å²) in [7, 11) is 1.56. The van der Waals surface area contributed by atoms with E-state index in [9.17, 15) is 9.59 Å². The Bertz CT molecular complexity index is 815. The summed E-state index contributed by atoms with van der Waals surface area (Å²) in [5.41, 5.74) is 4.49. The number of carbonyl (C=O) groups excluding carboxylic acids is 2. The number of anilines is 1. The first-order valence-electron chi connectivity index (χ1n) is 9.29. The Morgan fingerprint density at radius 2 is 1.72 bits per heavy atom. The number of hydrogen-bond acceptors (Lipinski definition) is 6. The third-order valence-electron chi connectivity index (χ3n) is 4.06. The number of ether oxygens (including phenoxy) is 2. The molecular weight excluding hydrogens is 372 g/mol. The first-order chi connectivity index (χ1) is 13.7. The van der Waals surface area contributed by atoms with E-state index in [-0.39, 0.29) is 0 Å². The van der Waals surface area contributed by atoms with Crippen molar-refractivity contribution in [3.05, 3.63) is 59.7 Å². The summed E-state index contributed by atoms with van der Waals surface area (Å²) in [4.78, 5) is 29.8. The van der Waals surface area contributed by atoms with Crippen LogP contribution in [0.3, 0.4) is 0 Å². The number of aryl methyl sites for hydroxylation is 1. The molecule has 0 heterocycles. The molecule has 0 saturated carbocycles. The summed E-state index contributed by atoms with van der Waals surface area (Å²) in [5, 5.41) is 2.73. The van der Waals surface area contributed by atoms with Gasteiger partial charge in [-0.2, -0.15) is 0 Å². The highest BCUT2D eigenvalue weighted by Gasteiger charge is 2.28. The Kier molecular flexibility index (Phi) is 7.61. The standard InChI is InChI=1S/C22H28N2O5/c1-15-8-6-7-9-18(15)24-29-19(14-25)20(23-21(26)28-22(2,3)4)16-10-12-17(27-5)13-11-16/h6-14,19-20,24H,1-5H3,(H,23,26). The van der Waals surface area contributed by atoms with Crippen LogP contribution in [0.15, 0.2) is 48.5 Å². The highest BCUT2D eigenvalue weighted by atomic mass is 16.7. The molecule has 0 aliphatic heterocycles. The van der Waals surface area contributed by atoms with Crippen LogP contribution in [0.1, 0.15) is 37.9 Å². The van der Waals surface area contributed by atoms with Crippen LogP contribution in [0.5, 0.6) is 5.75 Å². The third-order valence-corrected chi connectivity index (χ3v) is 4.06. The molecule has 0 saturated heterocycles. The molecule has 0 aliphatic rings. The van der Waals surface area contributed by atoms with E-state index in [0.717, 1.165) is 11.3 Å². The van der Waals surface area contributed by atoms with Gasteiger partial charge in [0.1, 0.15) is 11.4 Å². The number of carbonyl (C=O) groups is 2. The summed E-state index contributed by atoms with van der Waals surface area (Å²) < 4.78 is 10.5. The molecule has 2 N–H and O–H groups in total. The molecule has 0 bridgehead atoms. The van der Waals surface area contributed by atoms with Gasteiger partial charge in [-0.15, -0.1) is 0 Å². The minimum atomic E-state index is -1.00. The molecule has 0 aromatic heterocycles. The maximum atomic E-state index is 12.4. The largest absolute Gasteiger partial charge is 0.497 e. The van der Waals surface area contributed by atoms with Gasteiger partial charge in [0, 0.05) is 0 Å². The Morgan fingerprint density at radius 1 is 1.07 bits per heavy atom. The van der Waals surface area contributed by atoms with Crippen LogP contribution in [-0.2, 0) is 14.4 Å². The van der Waals surface area contributed by atoms with Gasteiger partial charge in [-0.3, -0.25) is 10.3 Å². The number of methoxy groups -OCH3 is 1. The Labute approximate surface area is 171 Å². The summed E-state index contributed by atoms with van der Waals surface area (Å²) >= 11 is 0. The highest BCUT2D eigenvalue weighted by molar-refractivity contribution is 5.70. The highest BCUT2D eigenvalue weighted by Crippen LogP contribution is 2.23. The van der Waals surface area contributed by atoms with E-state index < -0.39 is 23.8 Å². The van der Waals surface area contributed by atoms with Gasteiger partial charge in [0.05, 0.1) is 18.8 Å². The van der Waals surface area contributed by atoms with E-state index in [0.29, 0.717) is 17.6 Å². The number of amides is 1. The molecule has 0 spiro atoms. The molecule has 2 rings (SSSR count). The minimum absolute atomic E-state index is 0.636.